The summed E-state index contributed by atoms with van der Waals surface area (Å²) in [4.78, 5) is 4.39. The zero-order valence-corrected chi connectivity index (χ0v) is 13.7. The van der Waals surface area contributed by atoms with Crippen LogP contribution in [0.4, 0.5) is 5.69 Å². The molecule has 0 bridgehead atoms. The summed E-state index contributed by atoms with van der Waals surface area (Å²) in [6, 6.07) is 11.1. The molecule has 1 aliphatic heterocycles. The van der Waals surface area contributed by atoms with Gasteiger partial charge in [0.1, 0.15) is 18.1 Å². The van der Waals surface area contributed by atoms with E-state index in [0.29, 0.717) is 25.5 Å². The predicted octanol–water partition coefficient (Wildman–Crippen LogP) is 1.68. The van der Waals surface area contributed by atoms with Crippen LogP contribution in [0.3, 0.4) is 0 Å². The second-order valence-electron chi connectivity index (χ2n) is 6.02. The van der Waals surface area contributed by atoms with E-state index >= 15 is 0 Å². The number of aromatic hydroxyl groups is 1. The second kappa shape index (κ2) is 8.19. The number of ether oxygens (including phenoxy) is 1. The number of phenolic OH excluding ortho intramolecular Hbond substituents is 1. The van der Waals surface area contributed by atoms with Crippen molar-refractivity contribution >= 4 is 5.69 Å². The molecule has 1 saturated heterocycles. The molecule has 24 heavy (non-hydrogen) atoms. The maximum atomic E-state index is 10.1. The molecule has 2 heterocycles. The van der Waals surface area contributed by atoms with Crippen molar-refractivity contribution < 1.29 is 19.4 Å². The van der Waals surface area contributed by atoms with E-state index in [9.17, 15) is 10.2 Å². The topological polar surface area (TPSA) is 69.3 Å². The number of furan rings is 1. The Morgan fingerprint density at radius 3 is 2.58 bits per heavy atom. The quantitative estimate of drug-likeness (QED) is 0.804. The van der Waals surface area contributed by atoms with Gasteiger partial charge in [0, 0.05) is 32.7 Å². The van der Waals surface area contributed by atoms with Crippen LogP contribution < -0.4 is 4.90 Å². The molecule has 3 rings (SSSR count). The third-order valence-corrected chi connectivity index (χ3v) is 4.20. The van der Waals surface area contributed by atoms with E-state index in [2.05, 4.69) is 9.80 Å². The highest BCUT2D eigenvalue weighted by Crippen LogP contribution is 2.27. The van der Waals surface area contributed by atoms with Crippen molar-refractivity contribution in [1.82, 2.24) is 4.90 Å². The molecular weight excluding hydrogens is 308 g/mol. The zero-order valence-electron chi connectivity index (χ0n) is 13.7. The maximum absolute atomic E-state index is 10.1. The highest BCUT2D eigenvalue weighted by atomic mass is 16.5. The normalized spacial score (nSPS) is 17.1. The molecule has 1 aromatic carbocycles. The predicted molar refractivity (Wildman–Crippen MR) is 91.1 cm³/mol. The molecule has 130 valence electrons. The standard InChI is InChI=1S/C18H24N2O4/c21-15(13-23-14-16-4-3-11-24-16)12-19-7-9-20(10-8-19)17-5-1-2-6-18(17)22/h1-6,11,15,21-22H,7-10,12-14H2. The molecule has 0 radical (unpaired) electrons. The lowest BCUT2D eigenvalue weighted by Crippen LogP contribution is -2.49. The Bertz CT molecular complexity index is 609. The minimum atomic E-state index is -0.517. The summed E-state index contributed by atoms with van der Waals surface area (Å²) in [6.07, 6.45) is 1.09. The Labute approximate surface area is 141 Å². The fourth-order valence-corrected chi connectivity index (χ4v) is 2.94. The van der Waals surface area contributed by atoms with E-state index in [4.69, 9.17) is 9.15 Å². The Morgan fingerprint density at radius 2 is 1.88 bits per heavy atom. The first-order valence-electron chi connectivity index (χ1n) is 8.26. The van der Waals surface area contributed by atoms with Crippen molar-refractivity contribution in [2.45, 2.75) is 12.7 Å². The summed E-state index contributed by atoms with van der Waals surface area (Å²) >= 11 is 0. The number of rotatable bonds is 7. The first-order valence-corrected chi connectivity index (χ1v) is 8.26. The molecule has 2 aromatic rings. The highest BCUT2D eigenvalue weighted by Gasteiger charge is 2.20. The summed E-state index contributed by atoms with van der Waals surface area (Å²) in [6.45, 7) is 4.63. The number of aliphatic hydroxyl groups is 1. The molecule has 0 amide bonds. The van der Waals surface area contributed by atoms with Gasteiger partial charge in [-0.25, -0.2) is 0 Å². The van der Waals surface area contributed by atoms with Crippen molar-refractivity contribution in [2.75, 3.05) is 44.2 Å². The van der Waals surface area contributed by atoms with Gasteiger partial charge in [-0.2, -0.15) is 0 Å². The fraction of sp³-hybridized carbons (Fsp3) is 0.444. The molecule has 1 unspecified atom stereocenters. The van der Waals surface area contributed by atoms with E-state index in [1.54, 1.807) is 12.3 Å². The Morgan fingerprint density at radius 1 is 1.08 bits per heavy atom. The van der Waals surface area contributed by atoms with Crippen molar-refractivity contribution in [3.8, 4) is 5.75 Å². The lowest BCUT2D eigenvalue weighted by atomic mass is 10.2. The molecule has 1 aromatic heterocycles. The van der Waals surface area contributed by atoms with Gasteiger partial charge in [0.2, 0.25) is 0 Å². The summed E-state index contributed by atoms with van der Waals surface area (Å²) in [5.74, 6) is 1.08. The lowest BCUT2D eigenvalue weighted by Gasteiger charge is -2.37. The fourth-order valence-electron chi connectivity index (χ4n) is 2.94. The number of para-hydroxylation sites is 2. The molecule has 6 nitrogen and oxygen atoms in total. The van der Waals surface area contributed by atoms with Crippen LogP contribution in [0.15, 0.2) is 47.1 Å². The molecule has 1 aliphatic rings. The summed E-state index contributed by atoms with van der Waals surface area (Å²) in [5, 5.41) is 20.0. The largest absolute Gasteiger partial charge is 0.506 e. The van der Waals surface area contributed by atoms with Crippen LogP contribution in [0.1, 0.15) is 5.76 Å². The van der Waals surface area contributed by atoms with Gasteiger partial charge >= 0.3 is 0 Å². The average molecular weight is 332 g/mol. The minimum absolute atomic E-state index is 0.292. The number of β-amino-alcohol motifs (C(OH)–C–C–N with tert-alkyl or cyclic N) is 1. The van der Waals surface area contributed by atoms with E-state index in [1.807, 2.05) is 30.3 Å². The van der Waals surface area contributed by atoms with Crippen LogP contribution >= 0.6 is 0 Å². The number of aliphatic hydroxyl groups excluding tert-OH is 1. The van der Waals surface area contributed by atoms with Gasteiger partial charge in [-0.1, -0.05) is 12.1 Å². The van der Waals surface area contributed by atoms with Crippen molar-refractivity contribution in [1.29, 1.82) is 0 Å². The van der Waals surface area contributed by atoms with Gasteiger partial charge < -0.3 is 24.3 Å². The molecule has 6 heteroatoms. The number of phenols is 1. The van der Waals surface area contributed by atoms with Crippen LogP contribution in [-0.2, 0) is 11.3 Å². The van der Waals surface area contributed by atoms with Crippen molar-refractivity contribution in [3.63, 3.8) is 0 Å². The van der Waals surface area contributed by atoms with Crippen LogP contribution in [0.5, 0.6) is 5.75 Å². The Balaban J connectivity index is 1.38. The van der Waals surface area contributed by atoms with Gasteiger partial charge in [-0.15, -0.1) is 0 Å². The number of nitrogens with zero attached hydrogens (tertiary/aromatic N) is 2. The summed E-state index contributed by atoms with van der Waals surface area (Å²) < 4.78 is 10.7. The smallest absolute Gasteiger partial charge is 0.138 e. The van der Waals surface area contributed by atoms with Gasteiger partial charge in [-0.3, -0.25) is 4.90 Å². The first-order chi connectivity index (χ1) is 11.7. The minimum Gasteiger partial charge on any atom is -0.506 e. The summed E-state index contributed by atoms with van der Waals surface area (Å²) in [5.41, 5.74) is 0.875. The Kier molecular flexibility index (Phi) is 5.74. The molecule has 0 aliphatic carbocycles. The number of hydrogen-bond donors (Lipinski definition) is 2. The molecule has 0 saturated carbocycles. The number of piperazine rings is 1. The van der Waals surface area contributed by atoms with E-state index in [0.717, 1.165) is 37.6 Å². The molecule has 1 atom stereocenters. The summed E-state index contributed by atoms with van der Waals surface area (Å²) in [7, 11) is 0. The van der Waals surface area contributed by atoms with E-state index in [-0.39, 0.29) is 0 Å². The molecular formula is C18H24N2O4. The lowest BCUT2D eigenvalue weighted by molar-refractivity contribution is 0.00441. The SMILES string of the molecule is Oc1ccccc1N1CCN(CC(O)COCc2ccco2)CC1. The maximum Gasteiger partial charge on any atom is 0.138 e. The highest BCUT2D eigenvalue weighted by molar-refractivity contribution is 5.57. The van der Waals surface area contributed by atoms with Crippen LogP contribution in [0, 0.1) is 0 Å². The second-order valence-corrected chi connectivity index (χ2v) is 6.02. The molecule has 1 fully saturated rings. The van der Waals surface area contributed by atoms with Crippen LogP contribution in [-0.4, -0.2) is 60.5 Å². The molecule has 2 N–H and O–H groups in total. The monoisotopic (exact) mass is 332 g/mol. The zero-order chi connectivity index (χ0) is 16.8. The van der Waals surface area contributed by atoms with E-state index < -0.39 is 6.10 Å². The van der Waals surface area contributed by atoms with Gasteiger partial charge in [0.25, 0.3) is 0 Å². The van der Waals surface area contributed by atoms with Crippen molar-refractivity contribution in [2.24, 2.45) is 0 Å². The van der Waals surface area contributed by atoms with Crippen LogP contribution in [0.25, 0.3) is 0 Å². The van der Waals surface area contributed by atoms with Crippen molar-refractivity contribution in [3.05, 3.63) is 48.4 Å². The van der Waals surface area contributed by atoms with Gasteiger partial charge in [0.15, 0.2) is 0 Å². The molecule has 0 spiro atoms. The third kappa shape index (κ3) is 4.50. The van der Waals surface area contributed by atoms with Gasteiger partial charge in [0.05, 0.1) is 24.7 Å². The number of benzene rings is 1. The van der Waals surface area contributed by atoms with Gasteiger partial charge in [-0.05, 0) is 24.3 Å². The van der Waals surface area contributed by atoms with Crippen LogP contribution in [0.2, 0.25) is 0 Å². The third-order valence-electron chi connectivity index (χ3n) is 4.20. The van der Waals surface area contributed by atoms with E-state index in [1.165, 1.54) is 0 Å². The number of hydrogen-bond acceptors (Lipinski definition) is 6. The Hall–Kier alpha value is -2.02. The first kappa shape index (κ1) is 16.8. The number of anilines is 1. The average Bonchev–Trinajstić information content (AvgIpc) is 3.10.